The molecule has 1 rings (SSSR count). The smallest absolute Gasteiger partial charge is 0.285 e. The zero-order chi connectivity index (χ0) is 10.9. The van der Waals surface area contributed by atoms with Crippen LogP contribution in [0.5, 0.6) is 0 Å². The molecule has 0 radical (unpaired) electrons. The number of aromatic nitrogens is 3. The van der Waals surface area contributed by atoms with Crippen molar-refractivity contribution in [3.8, 4) is 0 Å². The Bertz CT molecular complexity index is 349. The lowest BCUT2D eigenvalue weighted by Gasteiger charge is -2.12. The molecule has 0 bridgehead atoms. The van der Waals surface area contributed by atoms with E-state index >= 15 is 0 Å². The predicted octanol–water partition coefficient (Wildman–Crippen LogP) is 0.898. The van der Waals surface area contributed by atoms with E-state index in [1.54, 1.807) is 0 Å². The molecule has 8 heteroatoms. The number of Topliss-reactive ketones (excluding diaryl/α,β-unsaturated/α-hetero) is 1. The van der Waals surface area contributed by atoms with Gasteiger partial charge in [-0.1, -0.05) is 5.21 Å². The third-order valence-electron chi connectivity index (χ3n) is 1.52. The van der Waals surface area contributed by atoms with E-state index in [0.29, 0.717) is 10.9 Å². The van der Waals surface area contributed by atoms with E-state index in [9.17, 15) is 22.4 Å². The third kappa shape index (κ3) is 1.59. The lowest BCUT2D eigenvalue weighted by molar-refractivity contribution is -0.0962. The molecular weight excluding hydrogens is 206 g/mol. The topological polar surface area (TPSA) is 47.8 Å². The van der Waals surface area contributed by atoms with Crippen molar-refractivity contribution in [1.29, 1.82) is 0 Å². The van der Waals surface area contributed by atoms with E-state index in [1.165, 1.54) is 0 Å². The Morgan fingerprint density at radius 3 is 2.50 bits per heavy atom. The maximum Gasteiger partial charge on any atom is 0.370 e. The normalized spacial score (nSPS) is 12.1. The number of carbonyl (C=O) groups excluding carboxylic acids is 1. The van der Waals surface area contributed by atoms with Crippen LogP contribution in [0.4, 0.5) is 17.6 Å². The molecule has 0 saturated heterocycles. The fourth-order valence-corrected chi connectivity index (χ4v) is 0.765. The van der Waals surface area contributed by atoms with Gasteiger partial charge in [0.2, 0.25) is 0 Å². The second kappa shape index (κ2) is 3.35. The fraction of sp³-hybridized carbons (Fsp3) is 0.500. The van der Waals surface area contributed by atoms with Gasteiger partial charge in [0.15, 0.2) is 0 Å². The maximum atomic E-state index is 12.5. The number of alkyl halides is 4. The molecule has 78 valence electrons. The maximum absolute atomic E-state index is 12.5. The number of hydrogen-bond acceptors (Lipinski definition) is 3. The third-order valence-corrected chi connectivity index (χ3v) is 1.52. The first-order chi connectivity index (χ1) is 6.37. The van der Waals surface area contributed by atoms with Gasteiger partial charge in [-0.05, 0) is 0 Å². The van der Waals surface area contributed by atoms with Crippen molar-refractivity contribution in [2.45, 2.75) is 12.3 Å². The molecule has 0 aliphatic carbocycles. The molecule has 0 aliphatic rings. The molecule has 1 aromatic heterocycles. The molecular formula is C6H5F4N3O. The lowest BCUT2D eigenvalue weighted by Crippen LogP contribution is -2.37. The predicted molar refractivity (Wildman–Crippen MR) is 36.3 cm³/mol. The van der Waals surface area contributed by atoms with Crippen LogP contribution in [0.25, 0.3) is 0 Å². The van der Waals surface area contributed by atoms with E-state index in [1.807, 2.05) is 0 Å². The summed E-state index contributed by atoms with van der Waals surface area (Å²) in [7, 11) is 1.15. The van der Waals surface area contributed by atoms with E-state index < -0.39 is 23.8 Å². The molecule has 1 heterocycles. The van der Waals surface area contributed by atoms with Crippen molar-refractivity contribution in [2.24, 2.45) is 7.05 Å². The zero-order valence-electron chi connectivity index (χ0n) is 6.92. The first kappa shape index (κ1) is 10.6. The van der Waals surface area contributed by atoms with E-state index in [0.717, 1.165) is 7.05 Å². The fourth-order valence-electron chi connectivity index (χ4n) is 0.765. The largest absolute Gasteiger partial charge is 0.370 e. The van der Waals surface area contributed by atoms with Gasteiger partial charge in [0.25, 0.3) is 5.78 Å². The van der Waals surface area contributed by atoms with Gasteiger partial charge in [-0.25, -0.2) is 13.5 Å². The van der Waals surface area contributed by atoms with Crippen LogP contribution < -0.4 is 0 Å². The Hall–Kier alpha value is -1.47. The summed E-state index contributed by atoms with van der Waals surface area (Å²) in [5.41, 5.74) is -0.657. The Balaban J connectivity index is 3.02. The molecule has 0 unspecified atom stereocenters. The molecule has 0 spiro atoms. The minimum absolute atomic E-state index is 0.657. The van der Waals surface area contributed by atoms with Gasteiger partial charge in [-0.2, -0.15) is 8.78 Å². The van der Waals surface area contributed by atoms with E-state index in [4.69, 9.17) is 0 Å². The monoisotopic (exact) mass is 211 g/mol. The Morgan fingerprint density at radius 1 is 1.57 bits per heavy atom. The summed E-state index contributed by atoms with van der Waals surface area (Å²) < 4.78 is 49.3. The summed E-state index contributed by atoms with van der Waals surface area (Å²) in [6.45, 7) is 0. The molecule has 0 atom stereocenters. The van der Waals surface area contributed by atoms with Crippen LogP contribution in [0.1, 0.15) is 10.5 Å². The minimum atomic E-state index is -4.70. The summed E-state index contributed by atoms with van der Waals surface area (Å²) in [5, 5.41) is 6.31. The molecule has 0 fully saturated rings. The average Bonchev–Trinajstić information content (AvgIpc) is 2.49. The molecule has 0 aliphatic heterocycles. The van der Waals surface area contributed by atoms with Gasteiger partial charge < -0.3 is 0 Å². The van der Waals surface area contributed by atoms with Gasteiger partial charge in [0.05, 0.1) is 6.20 Å². The number of halogens is 4. The molecule has 14 heavy (non-hydrogen) atoms. The van der Waals surface area contributed by atoms with E-state index in [-0.39, 0.29) is 0 Å². The van der Waals surface area contributed by atoms with Crippen molar-refractivity contribution in [1.82, 2.24) is 15.0 Å². The van der Waals surface area contributed by atoms with Gasteiger partial charge in [-0.15, -0.1) is 5.10 Å². The second-order valence-electron chi connectivity index (χ2n) is 2.50. The highest BCUT2D eigenvalue weighted by Crippen LogP contribution is 2.26. The number of hydrogen-bond donors (Lipinski definition) is 0. The quantitative estimate of drug-likeness (QED) is 0.551. The molecule has 1 aromatic rings. The van der Waals surface area contributed by atoms with Crippen molar-refractivity contribution >= 4 is 5.78 Å². The highest BCUT2D eigenvalue weighted by molar-refractivity contribution is 5.99. The molecule has 4 nitrogen and oxygen atoms in total. The van der Waals surface area contributed by atoms with Crippen LogP contribution in [-0.2, 0) is 7.05 Å². The average molecular weight is 211 g/mol. The van der Waals surface area contributed by atoms with Gasteiger partial charge in [0, 0.05) is 7.05 Å². The standard InChI is InChI=1S/C6H5F4N3O/c1-13-3(2-11-12-13)4(14)6(9,10)5(7)8/h2,5H,1H3. The highest BCUT2D eigenvalue weighted by atomic mass is 19.3. The number of aryl methyl sites for hydroxylation is 1. The minimum Gasteiger partial charge on any atom is -0.285 e. The number of ketones is 1. The van der Waals surface area contributed by atoms with Crippen molar-refractivity contribution in [3.63, 3.8) is 0 Å². The van der Waals surface area contributed by atoms with Gasteiger partial charge in [0.1, 0.15) is 5.69 Å². The first-order valence-corrected chi connectivity index (χ1v) is 3.42. The second-order valence-corrected chi connectivity index (χ2v) is 2.50. The summed E-state index contributed by atoms with van der Waals surface area (Å²) in [6, 6.07) is 0. The summed E-state index contributed by atoms with van der Waals surface area (Å²) in [6.07, 6.45) is -3.33. The van der Waals surface area contributed by atoms with Crippen molar-refractivity contribution in [3.05, 3.63) is 11.9 Å². The molecule has 0 aromatic carbocycles. The van der Waals surface area contributed by atoms with Crippen LogP contribution in [0.2, 0.25) is 0 Å². The summed E-state index contributed by atoms with van der Waals surface area (Å²) >= 11 is 0. The number of carbonyl (C=O) groups is 1. The zero-order valence-corrected chi connectivity index (χ0v) is 6.92. The lowest BCUT2D eigenvalue weighted by atomic mass is 10.2. The first-order valence-electron chi connectivity index (χ1n) is 3.42. The van der Waals surface area contributed by atoms with E-state index in [2.05, 4.69) is 10.3 Å². The summed E-state index contributed by atoms with van der Waals surface area (Å²) in [5.74, 6) is -6.69. The SMILES string of the molecule is Cn1nncc1C(=O)C(F)(F)C(F)F. The van der Waals surface area contributed by atoms with Crippen LogP contribution >= 0.6 is 0 Å². The molecule has 0 amide bonds. The Labute approximate surface area is 75.5 Å². The Morgan fingerprint density at radius 2 is 2.14 bits per heavy atom. The highest BCUT2D eigenvalue weighted by Gasteiger charge is 2.50. The summed E-state index contributed by atoms with van der Waals surface area (Å²) in [4.78, 5) is 10.9. The number of nitrogens with zero attached hydrogens (tertiary/aromatic N) is 3. The van der Waals surface area contributed by atoms with Crippen LogP contribution in [-0.4, -0.2) is 33.1 Å². The van der Waals surface area contributed by atoms with Gasteiger partial charge in [-0.3, -0.25) is 4.79 Å². The van der Waals surface area contributed by atoms with Crippen molar-refractivity contribution in [2.75, 3.05) is 0 Å². The van der Waals surface area contributed by atoms with Crippen LogP contribution in [0, 0.1) is 0 Å². The molecule has 0 N–H and O–H groups in total. The Kier molecular flexibility index (Phi) is 2.54. The number of rotatable bonds is 3. The van der Waals surface area contributed by atoms with Crippen LogP contribution in [0.3, 0.4) is 0 Å². The molecule has 0 saturated carbocycles. The van der Waals surface area contributed by atoms with Gasteiger partial charge >= 0.3 is 12.3 Å². The van der Waals surface area contributed by atoms with Crippen LogP contribution in [0.15, 0.2) is 6.20 Å². The van der Waals surface area contributed by atoms with Crippen molar-refractivity contribution < 1.29 is 22.4 Å².